The van der Waals surface area contributed by atoms with E-state index in [0.29, 0.717) is 0 Å². The Kier molecular flexibility index (Phi) is 3.67. The summed E-state index contributed by atoms with van der Waals surface area (Å²) in [4.78, 5) is 2.43. The highest BCUT2D eigenvalue weighted by atomic mass is 16.5. The van der Waals surface area contributed by atoms with Gasteiger partial charge in [-0.05, 0) is 37.0 Å². The lowest BCUT2D eigenvalue weighted by molar-refractivity contribution is 0.193. The molecule has 0 saturated heterocycles. The Balaban J connectivity index is 1.92. The highest BCUT2D eigenvalue weighted by molar-refractivity contribution is 5.64. The van der Waals surface area contributed by atoms with Crippen LogP contribution >= 0.6 is 0 Å². The Morgan fingerprint density at radius 1 is 1.38 bits per heavy atom. The Morgan fingerprint density at radius 3 is 3.06 bits per heavy atom. The van der Waals surface area contributed by atoms with E-state index in [0.717, 1.165) is 38.2 Å². The van der Waals surface area contributed by atoms with Gasteiger partial charge in [0.15, 0.2) is 0 Å². The first-order chi connectivity index (χ1) is 7.81. The summed E-state index contributed by atoms with van der Waals surface area (Å²) in [5.74, 6) is 0. The first-order valence-corrected chi connectivity index (χ1v) is 5.93. The molecule has 1 aromatic rings. The average molecular weight is 220 g/mol. The molecule has 1 aromatic carbocycles. The molecule has 16 heavy (non-hydrogen) atoms. The highest BCUT2D eigenvalue weighted by Gasteiger charge is 2.18. The molecule has 3 heteroatoms. The minimum Gasteiger partial charge on any atom is -0.399 e. The van der Waals surface area contributed by atoms with Crippen molar-refractivity contribution in [3.05, 3.63) is 23.8 Å². The third-order valence-electron chi connectivity index (χ3n) is 3.13. The molecule has 2 N–H and O–H groups in total. The van der Waals surface area contributed by atoms with Crippen molar-refractivity contribution in [3.63, 3.8) is 0 Å². The van der Waals surface area contributed by atoms with Crippen LogP contribution in [0, 0.1) is 0 Å². The second-order valence-corrected chi connectivity index (χ2v) is 4.33. The molecule has 1 aliphatic rings. The SMILES string of the molecule is COCCCCN1CCc2ccc(N)cc21. The number of nitrogens with two attached hydrogens (primary N) is 1. The van der Waals surface area contributed by atoms with Crippen molar-refractivity contribution in [2.45, 2.75) is 19.3 Å². The number of benzene rings is 1. The van der Waals surface area contributed by atoms with Crippen LogP contribution in [0.5, 0.6) is 0 Å². The van der Waals surface area contributed by atoms with E-state index >= 15 is 0 Å². The van der Waals surface area contributed by atoms with Gasteiger partial charge in [-0.2, -0.15) is 0 Å². The molecule has 0 unspecified atom stereocenters. The molecule has 88 valence electrons. The normalized spacial score (nSPS) is 14.2. The molecule has 0 fully saturated rings. The van der Waals surface area contributed by atoms with Gasteiger partial charge in [0.25, 0.3) is 0 Å². The van der Waals surface area contributed by atoms with Crippen LogP contribution in [0.25, 0.3) is 0 Å². The van der Waals surface area contributed by atoms with E-state index in [1.165, 1.54) is 17.7 Å². The number of ether oxygens (including phenoxy) is 1. The van der Waals surface area contributed by atoms with Gasteiger partial charge in [0.2, 0.25) is 0 Å². The molecule has 3 nitrogen and oxygen atoms in total. The molecule has 0 bridgehead atoms. The van der Waals surface area contributed by atoms with E-state index in [1.54, 1.807) is 7.11 Å². The van der Waals surface area contributed by atoms with Crippen LogP contribution in [0.1, 0.15) is 18.4 Å². The molecule has 0 radical (unpaired) electrons. The zero-order valence-corrected chi connectivity index (χ0v) is 9.91. The van der Waals surface area contributed by atoms with Crippen LogP contribution in [-0.4, -0.2) is 26.8 Å². The molecular weight excluding hydrogens is 200 g/mol. The summed E-state index contributed by atoms with van der Waals surface area (Å²) in [6.07, 6.45) is 3.46. The number of hydrogen-bond acceptors (Lipinski definition) is 3. The van der Waals surface area contributed by atoms with Crippen LogP contribution < -0.4 is 10.6 Å². The maximum absolute atomic E-state index is 5.82. The summed E-state index contributed by atoms with van der Waals surface area (Å²) >= 11 is 0. The van der Waals surface area contributed by atoms with Crippen molar-refractivity contribution in [1.82, 2.24) is 0 Å². The van der Waals surface area contributed by atoms with E-state index in [9.17, 15) is 0 Å². The fourth-order valence-electron chi connectivity index (χ4n) is 2.24. The minimum atomic E-state index is 0.859. The number of nitrogen functional groups attached to an aromatic ring is 1. The molecule has 1 heterocycles. The third-order valence-corrected chi connectivity index (χ3v) is 3.13. The van der Waals surface area contributed by atoms with Crippen LogP contribution in [-0.2, 0) is 11.2 Å². The number of rotatable bonds is 5. The lowest BCUT2D eigenvalue weighted by Crippen LogP contribution is -2.22. The molecule has 0 amide bonds. The van der Waals surface area contributed by atoms with E-state index in [1.807, 2.05) is 6.07 Å². The monoisotopic (exact) mass is 220 g/mol. The predicted octanol–water partition coefficient (Wildman–Crippen LogP) is 2.06. The smallest absolute Gasteiger partial charge is 0.0462 e. The molecule has 1 aliphatic heterocycles. The van der Waals surface area contributed by atoms with Gasteiger partial charge in [-0.3, -0.25) is 0 Å². The van der Waals surface area contributed by atoms with Gasteiger partial charge in [0.05, 0.1) is 0 Å². The molecule has 0 spiro atoms. The Labute approximate surface area is 97.2 Å². The number of methoxy groups -OCH3 is 1. The van der Waals surface area contributed by atoms with Crippen molar-refractivity contribution in [2.24, 2.45) is 0 Å². The van der Waals surface area contributed by atoms with Gasteiger partial charge in [-0.15, -0.1) is 0 Å². The topological polar surface area (TPSA) is 38.5 Å². The van der Waals surface area contributed by atoms with Crippen molar-refractivity contribution in [1.29, 1.82) is 0 Å². The zero-order chi connectivity index (χ0) is 11.4. The highest BCUT2D eigenvalue weighted by Crippen LogP contribution is 2.29. The average Bonchev–Trinajstić information content (AvgIpc) is 2.67. The van der Waals surface area contributed by atoms with Gasteiger partial charge in [-0.1, -0.05) is 6.07 Å². The molecule has 2 rings (SSSR count). The van der Waals surface area contributed by atoms with E-state index in [2.05, 4.69) is 17.0 Å². The third kappa shape index (κ3) is 2.47. The lowest BCUT2D eigenvalue weighted by atomic mass is 10.1. The summed E-state index contributed by atoms with van der Waals surface area (Å²) in [5, 5.41) is 0. The maximum atomic E-state index is 5.82. The van der Waals surface area contributed by atoms with Crippen LogP contribution in [0.2, 0.25) is 0 Å². The molecule has 0 atom stereocenters. The fraction of sp³-hybridized carbons (Fsp3) is 0.538. The quantitative estimate of drug-likeness (QED) is 0.609. The first kappa shape index (κ1) is 11.3. The van der Waals surface area contributed by atoms with Gasteiger partial charge < -0.3 is 15.4 Å². The second-order valence-electron chi connectivity index (χ2n) is 4.33. The van der Waals surface area contributed by atoms with Crippen LogP contribution in [0.15, 0.2) is 18.2 Å². The van der Waals surface area contributed by atoms with E-state index in [-0.39, 0.29) is 0 Å². The minimum absolute atomic E-state index is 0.859. The van der Waals surface area contributed by atoms with E-state index < -0.39 is 0 Å². The van der Waals surface area contributed by atoms with Gasteiger partial charge in [0, 0.05) is 38.2 Å². The van der Waals surface area contributed by atoms with Gasteiger partial charge in [-0.25, -0.2) is 0 Å². The number of unbranched alkanes of at least 4 members (excludes halogenated alkanes) is 1. The maximum Gasteiger partial charge on any atom is 0.0462 e. The largest absolute Gasteiger partial charge is 0.399 e. The van der Waals surface area contributed by atoms with Gasteiger partial charge in [0.1, 0.15) is 0 Å². The van der Waals surface area contributed by atoms with Crippen molar-refractivity contribution >= 4 is 11.4 Å². The molecule has 0 saturated carbocycles. The van der Waals surface area contributed by atoms with Crippen molar-refractivity contribution in [2.75, 3.05) is 37.4 Å². The number of hydrogen-bond donors (Lipinski definition) is 1. The fourth-order valence-corrected chi connectivity index (χ4v) is 2.24. The summed E-state index contributed by atoms with van der Waals surface area (Å²) in [5.41, 5.74) is 9.45. The number of nitrogens with zero attached hydrogens (tertiary/aromatic N) is 1. The van der Waals surface area contributed by atoms with Crippen molar-refractivity contribution in [3.8, 4) is 0 Å². The molecular formula is C13H20N2O. The predicted molar refractivity (Wildman–Crippen MR) is 67.9 cm³/mol. The summed E-state index contributed by atoms with van der Waals surface area (Å²) in [6, 6.07) is 6.24. The van der Waals surface area contributed by atoms with E-state index in [4.69, 9.17) is 10.5 Å². The molecule has 0 aromatic heterocycles. The lowest BCUT2D eigenvalue weighted by Gasteiger charge is -2.19. The summed E-state index contributed by atoms with van der Waals surface area (Å²) in [6.45, 7) is 3.10. The first-order valence-electron chi connectivity index (χ1n) is 5.93. The second kappa shape index (κ2) is 5.21. The Morgan fingerprint density at radius 2 is 2.25 bits per heavy atom. The van der Waals surface area contributed by atoms with Crippen LogP contribution in [0.4, 0.5) is 11.4 Å². The zero-order valence-electron chi connectivity index (χ0n) is 9.91. The Hall–Kier alpha value is -1.22. The standard InChI is InChI=1S/C13H20N2O/c1-16-9-3-2-7-15-8-6-11-4-5-12(14)10-13(11)15/h4-5,10H,2-3,6-9,14H2,1H3. The van der Waals surface area contributed by atoms with Crippen molar-refractivity contribution < 1.29 is 4.74 Å². The summed E-state index contributed by atoms with van der Waals surface area (Å²) in [7, 11) is 1.76. The Bertz CT molecular complexity index is 352. The van der Waals surface area contributed by atoms with Crippen LogP contribution in [0.3, 0.4) is 0 Å². The number of anilines is 2. The summed E-state index contributed by atoms with van der Waals surface area (Å²) < 4.78 is 5.06. The van der Waals surface area contributed by atoms with Gasteiger partial charge >= 0.3 is 0 Å². The number of fused-ring (bicyclic) bond motifs is 1. The molecule has 0 aliphatic carbocycles.